The van der Waals surface area contributed by atoms with E-state index in [2.05, 4.69) is 5.32 Å². The third-order valence-corrected chi connectivity index (χ3v) is 1.94. The molecule has 0 aliphatic carbocycles. The molecule has 0 radical (unpaired) electrons. The van der Waals surface area contributed by atoms with Crippen LogP contribution in [0.4, 0.5) is 0 Å². The second-order valence-corrected chi connectivity index (χ2v) is 4.72. The number of hydrogen-bond donors (Lipinski definition) is 1. The maximum absolute atomic E-state index is 11.4. The van der Waals surface area contributed by atoms with Crippen molar-refractivity contribution < 1.29 is 13.9 Å². The van der Waals surface area contributed by atoms with Crippen LogP contribution in [0.2, 0.25) is 0 Å². The van der Waals surface area contributed by atoms with Crippen molar-refractivity contribution in [3.63, 3.8) is 0 Å². The van der Waals surface area contributed by atoms with Crippen LogP contribution >= 0.6 is 0 Å². The van der Waals surface area contributed by atoms with Gasteiger partial charge in [-0.05, 0) is 39.3 Å². The van der Waals surface area contributed by atoms with E-state index in [1.54, 1.807) is 6.26 Å². The van der Waals surface area contributed by atoms with Crippen molar-refractivity contribution in [3.05, 3.63) is 23.7 Å². The maximum Gasteiger partial charge on any atom is 0.320 e. The molecule has 0 spiro atoms. The van der Waals surface area contributed by atoms with E-state index in [0.29, 0.717) is 6.54 Å². The van der Waals surface area contributed by atoms with Gasteiger partial charge in [0, 0.05) is 0 Å². The molecule has 16 heavy (non-hydrogen) atoms. The molecular weight excluding hydrogens is 206 g/mol. The molecule has 0 aliphatic rings. The molecule has 0 atom stereocenters. The summed E-state index contributed by atoms with van der Waals surface area (Å²) in [6.07, 6.45) is 1.64. The van der Waals surface area contributed by atoms with E-state index in [1.807, 2.05) is 33.8 Å². The van der Waals surface area contributed by atoms with Gasteiger partial charge in [0.25, 0.3) is 0 Å². The highest BCUT2D eigenvalue weighted by Crippen LogP contribution is 2.08. The summed E-state index contributed by atoms with van der Waals surface area (Å²) in [6.45, 7) is 8.24. The van der Waals surface area contributed by atoms with Crippen LogP contribution in [0, 0.1) is 6.92 Å². The standard InChI is InChI=1S/C12H19NO3/c1-9-5-6-15-10(9)7-13-8-11(14)16-12(2,3)4/h5-6,13H,7-8H2,1-4H3. The number of esters is 1. The van der Waals surface area contributed by atoms with E-state index in [1.165, 1.54) is 0 Å². The number of aryl methyl sites for hydroxylation is 1. The van der Waals surface area contributed by atoms with E-state index < -0.39 is 5.60 Å². The highest BCUT2D eigenvalue weighted by atomic mass is 16.6. The second kappa shape index (κ2) is 5.16. The summed E-state index contributed by atoms with van der Waals surface area (Å²) in [5.41, 5.74) is 0.649. The average Bonchev–Trinajstić information content (AvgIpc) is 2.48. The van der Waals surface area contributed by atoms with E-state index in [9.17, 15) is 4.79 Å². The number of nitrogens with one attached hydrogen (secondary N) is 1. The Hall–Kier alpha value is -1.29. The Labute approximate surface area is 96.0 Å². The summed E-state index contributed by atoms with van der Waals surface area (Å²) in [4.78, 5) is 11.4. The lowest BCUT2D eigenvalue weighted by Crippen LogP contribution is -2.31. The SMILES string of the molecule is Cc1ccoc1CNCC(=O)OC(C)(C)C. The Morgan fingerprint density at radius 1 is 1.50 bits per heavy atom. The predicted molar refractivity (Wildman–Crippen MR) is 61.0 cm³/mol. The Morgan fingerprint density at radius 2 is 2.19 bits per heavy atom. The van der Waals surface area contributed by atoms with E-state index in [4.69, 9.17) is 9.15 Å². The smallest absolute Gasteiger partial charge is 0.320 e. The van der Waals surface area contributed by atoms with Gasteiger partial charge in [-0.15, -0.1) is 0 Å². The van der Waals surface area contributed by atoms with Crippen molar-refractivity contribution in [2.24, 2.45) is 0 Å². The fraction of sp³-hybridized carbons (Fsp3) is 0.583. The lowest BCUT2D eigenvalue weighted by molar-refractivity contribution is -0.153. The van der Waals surface area contributed by atoms with Crippen LogP contribution in [-0.4, -0.2) is 18.1 Å². The molecule has 0 fully saturated rings. The first-order chi connectivity index (χ1) is 7.38. The molecule has 1 rings (SSSR count). The normalized spacial score (nSPS) is 11.5. The number of carbonyl (C=O) groups excluding carboxylic acids is 1. The van der Waals surface area contributed by atoms with Gasteiger partial charge in [0.05, 0.1) is 19.4 Å². The molecule has 1 aromatic rings. The summed E-state index contributed by atoms with van der Waals surface area (Å²) < 4.78 is 10.4. The summed E-state index contributed by atoms with van der Waals surface area (Å²) in [5.74, 6) is 0.597. The second-order valence-electron chi connectivity index (χ2n) is 4.72. The quantitative estimate of drug-likeness (QED) is 0.796. The largest absolute Gasteiger partial charge is 0.468 e. The van der Waals surface area contributed by atoms with Crippen molar-refractivity contribution in [1.82, 2.24) is 5.32 Å². The molecule has 0 saturated carbocycles. The summed E-state index contributed by atoms with van der Waals surface area (Å²) in [7, 11) is 0. The minimum atomic E-state index is -0.431. The van der Waals surface area contributed by atoms with E-state index >= 15 is 0 Å². The van der Waals surface area contributed by atoms with Crippen LogP contribution in [0.25, 0.3) is 0 Å². The maximum atomic E-state index is 11.4. The molecule has 1 aromatic heterocycles. The molecule has 4 nitrogen and oxygen atoms in total. The van der Waals surface area contributed by atoms with Gasteiger partial charge in [0.1, 0.15) is 11.4 Å². The first-order valence-corrected chi connectivity index (χ1v) is 5.34. The molecule has 0 saturated heterocycles. The van der Waals surface area contributed by atoms with Gasteiger partial charge in [-0.1, -0.05) is 0 Å². The average molecular weight is 225 g/mol. The van der Waals surface area contributed by atoms with E-state index in [0.717, 1.165) is 11.3 Å². The van der Waals surface area contributed by atoms with Gasteiger partial charge in [0.2, 0.25) is 0 Å². The van der Waals surface area contributed by atoms with Gasteiger partial charge in [0.15, 0.2) is 0 Å². The first-order valence-electron chi connectivity index (χ1n) is 5.34. The van der Waals surface area contributed by atoms with Crippen LogP contribution in [0.3, 0.4) is 0 Å². The van der Waals surface area contributed by atoms with Gasteiger partial charge < -0.3 is 9.15 Å². The van der Waals surface area contributed by atoms with Crippen LogP contribution in [-0.2, 0) is 16.1 Å². The summed E-state index contributed by atoms with van der Waals surface area (Å²) in [6, 6.07) is 1.89. The van der Waals surface area contributed by atoms with Crippen molar-refractivity contribution in [3.8, 4) is 0 Å². The Bertz CT molecular complexity index is 349. The zero-order valence-electron chi connectivity index (χ0n) is 10.3. The zero-order valence-corrected chi connectivity index (χ0v) is 10.3. The fourth-order valence-corrected chi connectivity index (χ4v) is 1.24. The highest BCUT2D eigenvalue weighted by molar-refractivity contribution is 5.72. The lowest BCUT2D eigenvalue weighted by Gasteiger charge is -2.19. The van der Waals surface area contributed by atoms with Crippen LogP contribution in [0.1, 0.15) is 32.1 Å². The number of ether oxygens (including phenoxy) is 1. The third kappa shape index (κ3) is 4.49. The van der Waals surface area contributed by atoms with Crippen LogP contribution in [0.5, 0.6) is 0 Å². The summed E-state index contributed by atoms with van der Waals surface area (Å²) >= 11 is 0. The van der Waals surface area contributed by atoms with Crippen LogP contribution < -0.4 is 5.32 Å². The topological polar surface area (TPSA) is 51.5 Å². The molecular formula is C12H19NO3. The van der Waals surface area contributed by atoms with Gasteiger partial charge in [-0.25, -0.2) is 0 Å². The molecule has 4 heteroatoms. The number of hydrogen-bond acceptors (Lipinski definition) is 4. The van der Waals surface area contributed by atoms with Crippen molar-refractivity contribution >= 4 is 5.97 Å². The molecule has 0 aliphatic heterocycles. The van der Waals surface area contributed by atoms with Crippen LogP contribution in [0.15, 0.2) is 16.7 Å². The van der Waals surface area contributed by atoms with Gasteiger partial charge in [-0.2, -0.15) is 0 Å². The van der Waals surface area contributed by atoms with Crippen molar-refractivity contribution in [2.75, 3.05) is 6.54 Å². The minimum Gasteiger partial charge on any atom is -0.468 e. The van der Waals surface area contributed by atoms with Crippen molar-refractivity contribution in [2.45, 2.75) is 39.8 Å². The molecule has 90 valence electrons. The number of carbonyl (C=O) groups is 1. The lowest BCUT2D eigenvalue weighted by atomic mass is 10.2. The number of rotatable bonds is 4. The van der Waals surface area contributed by atoms with E-state index in [-0.39, 0.29) is 12.5 Å². The van der Waals surface area contributed by atoms with Gasteiger partial charge >= 0.3 is 5.97 Å². The Morgan fingerprint density at radius 3 is 2.69 bits per heavy atom. The van der Waals surface area contributed by atoms with Gasteiger partial charge in [-0.3, -0.25) is 10.1 Å². The molecule has 0 bridgehead atoms. The van der Waals surface area contributed by atoms with Crippen molar-refractivity contribution in [1.29, 1.82) is 0 Å². The zero-order chi connectivity index (χ0) is 12.2. The molecule has 0 aromatic carbocycles. The number of furan rings is 1. The minimum absolute atomic E-state index is 0.192. The molecule has 1 N–H and O–H groups in total. The molecule has 1 heterocycles. The molecule has 0 amide bonds. The highest BCUT2D eigenvalue weighted by Gasteiger charge is 2.15. The Kier molecular flexibility index (Phi) is 4.12. The monoisotopic (exact) mass is 225 g/mol. The Balaban J connectivity index is 2.26. The molecule has 0 unspecified atom stereocenters. The fourth-order valence-electron chi connectivity index (χ4n) is 1.24. The summed E-state index contributed by atoms with van der Waals surface area (Å²) in [5, 5.41) is 2.98. The third-order valence-electron chi connectivity index (χ3n) is 1.94. The first kappa shape index (κ1) is 12.8. The predicted octanol–water partition coefficient (Wildman–Crippen LogP) is 2.02.